The Morgan fingerprint density at radius 1 is 1.12 bits per heavy atom. The van der Waals surface area contributed by atoms with E-state index in [4.69, 9.17) is 0 Å². The number of nitrogens with one attached hydrogen (secondary N) is 1. The molecule has 1 amide bonds. The molecule has 1 aromatic carbocycles. The second kappa shape index (κ2) is 6.84. The first-order valence-corrected chi connectivity index (χ1v) is 9.02. The number of hydrogen-bond donors (Lipinski definition) is 2. The van der Waals surface area contributed by atoms with E-state index in [2.05, 4.69) is 16.4 Å². The number of nitrogens with zero attached hydrogens (tertiary/aromatic N) is 2. The Labute approximate surface area is 147 Å². The van der Waals surface area contributed by atoms with Crippen molar-refractivity contribution in [3.8, 4) is 0 Å². The normalized spacial score (nSPS) is 22.5. The molecular formula is C20H23N3O2. The molecule has 25 heavy (non-hydrogen) atoms. The molecule has 0 saturated heterocycles. The fourth-order valence-corrected chi connectivity index (χ4v) is 3.80. The van der Waals surface area contributed by atoms with Crippen LogP contribution in [0.1, 0.15) is 41.6 Å². The lowest BCUT2D eigenvalue weighted by atomic mass is 9.93. The van der Waals surface area contributed by atoms with Gasteiger partial charge in [0.2, 0.25) is 0 Å². The van der Waals surface area contributed by atoms with Crippen molar-refractivity contribution in [3.63, 3.8) is 0 Å². The van der Waals surface area contributed by atoms with E-state index in [9.17, 15) is 9.90 Å². The van der Waals surface area contributed by atoms with Gasteiger partial charge in [0.15, 0.2) is 0 Å². The molecule has 1 aromatic heterocycles. The van der Waals surface area contributed by atoms with Crippen LogP contribution >= 0.6 is 0 Å². The zero-order valence-corrected chi connectivity index (χ0v) is 14.2. The summed E-state index contributed by atoms with van der Waals surface area (Å²) in [6, 6.07) is 12.0. The van der Waals surface area contributed by atoms with Gasteiger partial charge in [-0.2, -0.15) is 0 Å². The minimum absolute atomic E-state index is 0.00334. The predicted molar refractivity (Wildman–Crippen MR) is 97.9 cm³/mol. The van der Waals surface area contributed by atoms with Crippen molar-refractivity contribution >= 4 is 17.4 Å². The first kappa shape index (κ1) is 16.1. The molecule has 1 saturated carbocycles. The van der Waals surface area contributed by atoms with Gasteiger partial charge in [-0.15, -0.1) is 0 Å². The Kier molecular flexibility index (Phi) is 4.40. The van der Waals surface area contributed by atoms with Crippen molar-refractivity contribution in [2.45, 2.75) is 44.2 Å². The highest BCUT2D eigenvalue weighted by molar-refractivity contribution is 6.10. The van der Waals surface area contributed by atoms with Crippen molar-refractivity contribution in [1.29, 1.82) is 0 Å². The topological polar surface area (TPSA) is 65.5 Å². The first-order valence-electron chi connectivity index (χ1n) is 9.02. The van der Waals surface area contributed by atoms with Gasteiger partial charge in [-0.25, -0.2) is 4.98 Å². The minimum Gasteiger partial charge on any atom is -0.393 e. The van der Waals surface area contributed by atoms with E-state index >= 15 is 0 Å². The molecular weight excluding hydrogens is 314 g/mol. The number of carbonyl (C=O) groups excluding carboxylic acids is 1. The summed E-state index contributed by atoms with van der Waals surface area (Å²) in [5.74, 6) is 0.648. The predicted octanol–water partition coefficient (Wildman–Crippen LogP) is 3.00. The van der Waals surface area contributed by atoms with E-state index in [1.54, 1.807) is 6.20 Å². The second-order valence-corrected chi connectivity index (χ2v) is 6.88. The Bertz CT molecular complexity index is 769. The molecule has 2 heterocycles. The van der Waals surface area contributed by atoms with Gasteiger partial charge in [-0.3, -0.25) is 4.79 Å². The minimum atomic E-state index is -0.191. The maximum Gasteiger partial charge on any atom is 0.262 e. The average molecular weight is 337 g/mol. The molecule has 5 nitrogen and oxygen atoms in total. The van der Waals surface area contributed by atoms with Gasteiger partial charge >= 0.3 is 0 Å². The number of amides is 1. The van der Waals surface area contributed by atoms with Crippen LogP contribution in [-0.4, -0.2) is 34.7 Å². The lowest BCUT2D eigenvalue weighted by molar-refractivity contribution is 0.0989. The van der Waals surface area contributed by atoms with Crippen molar-refractivity contribution in [2.24, 2.45) is 0 Å². The maximum atomic E-state index is 13.1. The first-order chi connectivity index (χ1) is 12.2. The molecule has 2 aromatic rings. The quantitative estimate of drug-likeness (QED) is 0.904. The average Bonchev–Trinajstić information content (AvgIpc) is 3.08. The lowest BCUT2D eigenvalue weighted by Gasteiger charge is -2.27. The molecule has 0 spiro atoms. The van der Waals surface area contributed by atoms with Crippen LogP contribution in [0.5, 0.6) is 0 Å². The van der Waals surface area contributed by atoms with E-state index in [0.29, 0.717) is 17.9 Å². The number of aromatic nitrogens is 1. The van der Waals surface area contributed by atoms with E-state index in [-0.39, 0.29) is 18.1 Å². The van der Waals surface area contributed by atoms with Crippen LogP contribution in [-0.2, 0) is 6.42 Å². The Morgan fingerprint density at radius 3 is 2.76 bits per heavy atom. The summed E-state index contributed by atoms with van der Waals surface area (Å²) in [5, 5.41) is 13.1. The molecule has 0 bridgehead atoms. The van der Waals surface area contributed by atoms with Gasteiger partial charge in [0, 0.05) is 24.5 Å². The summed E-state index contributed by atoms with van der Waals surface area (Å²) >= 11 is 0. The van der Waals surface area contributed by atoms with Crippen LogP contribution in [0, 0.1) is 0 Å². The third-order valence-corrected chi connectivity index (χ3v) is 5.21. The van der Waals surface area contributed by atoms with Crippen LogP contribution in [0.3, 0.4) is 0 Å². The molecule has 1 aliphatic carbocycles. The summed E-state index contributed by atoms with van der Waals surface area (Å²) in [7, 11) is 0. The monoisotopic (exact) mass is 337 g/mol. The number of aliphatic hydroxyl groups is 1. The number of aliphatic hydroxyl groups excluding tert-OH is 1. The molecule has 1 fully saturated rings. The number of anilines is 2. The summed E-state index contributed by atoms with van der Waals surface area (Å²) in [6.07, 6.45) is 5.82. The standard InChI is InChI=1S/C20H23N3O2/c24-16-9-7-15(8-10-16)22-19-17(5-3-12-21-19)20(25)23-13-11-14-4-1-2-6-18(14)23/h1-6,12,15-16,24H,7-11,13H2,(H,21,22). The Balaban J connectivity index is 1.56. The number of carbonyl (C=O) groups is 1. The number of hydrogen-bond acceptors (Lipinski definition) is 4. The van der Waals surface area contributed by atoms with Crippen molar-refractivity contribution < 1.29 is 9.90 Å². The van der Waals surface area contributed by atoms with Crippen molar-refractivity contribution in [2.75, 3.05) is 16.8 Å². The van der Waals surface area contributed by atoms with Gasteiger partial charge in [-0.05, 0) is 55.9 Å². The van der Waals surface area contributed by atoms with Gasteiger partial charge in [-0.1, -0.05) is 18.2 Å². The van der Waals surface area contributed by atoms with Crippen LogP contribution in [0.4, 0.5) is 11.5 Å². The van der Waals surface area contributed by atoms with Crippen molar-refractivity contribution in [3.05, 3.63) is 53.7 Å². The van der Waals surface area contributed by atoms with Crippen LogP contribution in [0.25, 0.3) is 0 Å². The molecule has 5 heteroatoms. The zero-order chi connectivity index (χ0) is 17.2. The van der Waals surface area contributed by atoms with E-state index in [1.807, 2.05) is 35.2 Å². The number of benzene rings is 1. The Morgan fingerprint density at radius 2 is 1.92 bits per heavy atom. The fourth-order valence-electron chi connectivity index (χ4n) is 3.80. The van der Waals surface area contributed by atoms with Gasteiger partial charge in [0.1, 0.15) is 5.82 Å². The van der Waals surface area contributed by atoms with Gasteiger partial charge in [0.25, 0.3) is 5.91 Å². The van der Waals surface area contributed by atoms with Gasteiger partial charge < -0.3 is 15.3 Å². The third kappa shape index (κ3) is 3.24. The largest absolute Gasteiger partial charge is 0.393 e. The molecule has 130 valence electrons. The summed E-state index contributed by atoms with van der Waals surface area (Å²) in [4.78, 5) is 19.4. The van der Waals surface area contributed by atoms with E-state index < -0.39 is 0 Å². The van der Waals surface area contributed by atoms with E-state index in [1.165, 1.54) is 5.56 Å². The second-order valence-electron chi connectivity index (χ2n) is 6.88. The SMILES string of the molecule is O=C(c1cccnc1NC1CCC(O)CC1)N1CCc2ccccc21. The van der Waals surface area contributed by atoms with Crippen LogP contribution < -0.4 is 10.2 Å². The van der Waals surface area contributed by atoms with Crippen LogP contribution in [0.15, 0.2) is 42.6 Å². The third-order valence-electron chi connectivity index (χ3n) is 5.21. The highest BCUT2D eigenvalue weighted by atomic mass is 16.3. The maximum absolute atomic E-state index is 13.1. The molecule has 1 aliphatic heterocycles. The smallest absolute Gasteiger partial charge is 0.262 e. The number of para-hydroxylation sites is 1. The van der Waals surface area contributed by atoms with E-state index in [0.717, 1.165) is 37.8 Å². The fraction of sp³-hybridized carbons (Fsp3) is 0.400. The number of fused-ring (bicyclic) bond motifs is 1. The zero-order valence-electron chi connectivity index (χ0n) is 14.2. The molecule has 2 N–H and O–H groups in total. The molecule has 0 unspecified atom stereocenters. The summed E-state index contributed by atoms with van der Waals surface area (Å²) in [5.41, 5.74) is 2.84. The molecule has 4 rings (SSSR count). The number of rotatable bonds is 3. The van der Waals surface area contributed by atoms with Crippen molar-refractivity contribution in [1.82, 2.24) is 4.98 Å². The van der Waals surface area contributed by atoms with Gasteiger partial charge in [0.05, 0.1) is 11.7 Å². The Hall–Kier alpha value is -2.40. The highest BCUT2D eigenvalue weighted by Gasteiger charge is 2.28. The lowest BCUT2D eigenvalue weighted by Crippen LogP contribution is -2.32. The summed E-state index contributed by atoms with van der Waals surface area (Å²) < 4.78 is 0. The molecule has 2 aliphatic rings. The molecule has 0 radical (unpaired) electrons. The number of pyridine rings is 1. The van der Waals surface area contributed by atoms with Crippen LogP contribution in [0.2, 0.25) is 0 Å². The highest BCUT2D eigenvalue weighted by Crippen LogP contribution is 2.30. The molecule has 0 atom stereocenters. The summed E-state index contributed by atoms with van der Waals surface area (Å²) in [6.45, 7) is 0.710.